The van der Waals surface area contributed by atoms with Crippen LogP contribution in [0.15, 0.2) is 24.3 Å². The average molecular weight is 351 g/mol. The van der Waals surface area contributed by atoms with Crippen LogP contribution < -0.4 is 0 Å². The molecule has 0 atom stereocenters. The van der Waals surface area contributed by atoms with Gasteiger partial charge in [-0.25, -0.2) is 4.98 Å². The van der Waals surface area contributed by atoms with Crippen molar-refractivity contribution in [2.45, 2.75) is 6.42 Å². The van der Waals surface area contributed by atoms with Gasteiger partial charge in [0.2, 0.25) is 0 Å². The molecule has 0 radical (unpaired) electrons. The number of carbonyl (C=O) groups is 1. The molecular formula is C13H7Cl4NO2. The average Bonchev–Trinajstić information content (AvgIpc) is 2.34. The highest BCUT2D eigenvalue weighted by Crippen LogP contribution is 2.36. The maximum atomic E-state index is 10.6. The Kier molecular flexibility index (Phi) is 4.76. The number of pyridine rings is 1. The molecule has 104 valence electrons. The van der Waals surface area contributed by atoms with Crippen molar-refractivity contribution in [1.29, 1.82) is 0 Å². The first kappa shape index (κ1) is 15.4. The van der Waals surface area contributed by atoms with Crippen LogP contribution >= 0.6 is 46.4 Å². The molecule has 0 aliphatic rings. The predicted molar refractivity (Wildman–Crippen MR) is 81.1 cm³/mol. The van der Waals surface area contributed by atoms with E-state index >= 15 is 0 Å². The van der Waals surface area contributed by atoms with Crippen molar-refractivity contribution in [1.82, 2.24) is 4.98 Å². The van der Waals surface area contributed by atoms with Crippen LogP contribution in [0.3, 0.4) is 0 Å². The Morgan fingerprint density at radius 2 is 1.70 bits per heavy atom. The molecule has 1 N–H and O–H groups in total. The number of aromatic nitrogens is 1. The van der Waals surface area contributed by atoms with Gasteiger partial charge in [-0.15, -0.1) is 0 Å². The number of carboxylic acid groups (broad SMARTS) is 1. The van der Waals surface area contributed by atoms with E-state index in [-0.39, 0.29) is 16.6 Å². The van der Waals surface area contributed by atoms with Gasteiger partial charge >= 0.3 is 5.97 Å². The van der Waals surface area contributed by atoms with Gasteiger partial charge in [0.15, 0.2) is 0 Å². The van der Waals surface area contributed by atoms with Gasteiger partial charge in [-0.2, -0.15) is 0 Å². The van der Waals surface area contributed by atoms with Gasteiger partial charge in [-0.1, -0.05) is 46.4 Å². The minimum Gasteiger partial charge on any atom is -0.481 e. The van der Waals surface area contributed by atoms with E-state index in [1.165, 1.54) is 0 Å². The zero-order valence-electron chi connectivity index (χ0n) is 9.83. The molecule has 0 unspecified atom stereocenters. The maximum absolute atomic E-state index is 10.6. The normalized spacial score (nSPS) is 10.6. The maximum Gasteiger partial charge on any atom is 0.309 e. The van der Waals surface area contributed by atoms with Crippen molar-refractivity contribution in [3.63, 3.8) is 0 Å². The zero-order chi connectivity index (χ0) is 14.9. The Morgan fingerprint density at radius 3 is 2.20 bits per heavy atom. The summed E-state index contributed by atoms with van der Waals surface area (Å²) in [7, 11) is 0. The molecule has 0 saturated carbocycles. The van der Waals surface area contributed by atoms with Crippen LogP contribution in [-0.4, -0.2) is 16.1 Å². The lowest BCUT2D eigenvalue weighted by Gasteiger charge is -2.08. The van der Waals surface area contributed by atoms with Gasteiger partial charge in [0.05, 0.1) is 27.2 Å². The van der Waals surface area contributed by atoms with Crippen LogP contribution in [0.5, 0.6) is 0 Å². The molecule has 0 bridgehead atoms. The Balaban J connectivity index is 2.46. The Morgan fingerprint density at radius 1 is 1.10 bits per heavy atom. The first-order valence-corrected chi connectivity index (χ1v) is 6.92. The van der Waals surface area contributed by atoms with Crippen molar-refractivity contribution < 1.29 is 9.90 Å². The molecule has 0 saturated heterocycles. The molecule has 1 heterocycles. The quantitative estimate of drug-likeness (QED) is 0.626. The van der Waals surface area contributed by atoms with E-state index in [1.807, 2.05) is 0 Å². The molecule has 2 rings (SSSR count). The molecule has 7 heteroatoms. The van der Waals surface area contributed by atoms with Gasteiger partial charge in [0, 0.05) is 5.56 Å². The third-order valence-electron chi connectivity index (χ3n) is 2.53. The SMILES string of the molecule is O=C(O)Cc1ccc(-c2cc(Cl)c(Cl)c(Cl)c2)c(Cl)n1. The van der Waals surface area contributed by atoms with Crippen LogP contribution in [-0.2, 0) is 11.2 Å². The highest BCUT2D eigenvalue weighted by Gasteiger charge is 2.12. The first-order valence-electron chi connectivity index (χ1n) is 5.40. The fraction of sp³-hybridized carbons (Fsp3) is 0.0769. The van der Waals surface area contributed by atoms with Gasteiger partial charge in [0.1, 0.15) is 5.15 Å². The summed E-state index contributed by atoms with van der Waals surface area (Å²) < 4.78 is 0. The Labute approximate surface area is 135 Å². The van der Waals surface area contributed by atoms with E-state index < -0.39 is 5.97 Å². The number of carboxylic acids is 1. The second kappa shape index (κ2) is 6.19. The molecule has 2 aromatic rings. The van der Waals surface area contributed by atoms with E-state index in [9.17, 15) is 4.79 Å². The first-order chi connectivity index (χ1) is 9.38. The molecule has 0 aliphatic heterocycles. The number of rotatable bonds is 3. The molecule has 20 heavy (non-hydrogen) atoms. The fourth-order valence-corrected chi connectivity index (χ4v) is 2.53. The van der Waals surface area contributed by atoms with Gasteiger partial charge in [-0.05, 0) is 29.8 Å². The minimum absolute atomic E-state index is 0.179. The summed E-state index contributed by atoms with van der Waals surface area (Å²) in [6.07, 6.45) is -0.192. The van der Waals surface area contributed by atoms with Gasteiger partial charge < -0.3 is 5.11 Å². The smallest absolute Gasteiger partial charge is 0.309 e. The van der Waals surface area contributed by atoms with E-state index in [4.69, 9.17) is 51.5 Å². The second-order valence-corrected chi connectivity index (χ2v) is 5.52. The lowest BCUT2D eigenvalue weighted by molar-refractivity contribution is -0.136. The van der Waals surface area contributed by atoms with Crippen molar-refractivity contribution in [3.05, 3.63) is 50.2 Å². The number of halogens is 4. The van der Waals surface area contributed by atoms with Crippen molar-refractivity contribution in [2.75, 3.05) is 0 Å². The highest BCUT2D eigenvalue weighted by atomic mass is 35.5. The summed E-state index contributed by atoms with van der Waals surface area (Å²) in [6.45, 7) is 0. The summed E-state index contributed by atoms with van der Waals surface area (Å²) in [5.41, 5.74) is 1.63. The van der Waals surface area contributed by atoms with Crippen LogP contribution in [0.1, 0.15) is 5.69 Å². The number of aliphatic carboxylic acids is 1. The topological polar surface area (TPSA) is 50.2 Å². The molecule has 0 aliphatic carbocycles. The molecule has 0 spiro atoms. The fourth-order valence-electron chi connectivity index (χ4n) is 1.65. The van der Waals surface area contributed by atoms with Crippen molar-refractivity contribution >= 4 is 52.4 Å². The van der Waals surface area contributed by atoms with Crippen LogP contribution in [0.2, 0.25) is 20.2 Å². The monoisotopic (exact) mass is 349 g/mol. The van der Waals surface area contributed by atoms with Crippen LogP contribution in [0.25, 0.3) is 11.1 Å². The predicted octanol–water partition coefficient (Wildman–Crippen LogP) is 4.99. The molecular weight excluding hydrogens is 344 g/mol. The number of hydrogen-bond acceptors (Lipinski definition) is 2. The van der Waals surface area contributed by atoms with Gasteiger partial charge in [0.25, 0.3) is 0 Å². The Bertz CT molecular complexity index is 665. The van der Waals surface area contributed by atoms with Crippen LogP contribution in [0, 0.1) is 0 Å². The molecule has 0 fully saturated rings. The van der Waals surface area contributed by atoms with Crippen LogP contribution in [0.4, 0.5) is 0 Å². The Hall–Kier alpha value is -1.000. The molecule has 1 aromatic heterocycles. The second-order valence-electron chi connectivity index (χ2n) is 3.97. The standard InChI is InChI=1S/C13H7Cl4NO2/c14-9-3-6(4-10(15)12(9)16)8-2-1-7(5-11(19)20)18-13(8)17/h1-4H,5H2,(H,19,20). The number of nitrogens with zero attached hydrogens (tertiary/aromatic N) is 1. The number of benzene rings is 1. The summed E-state index contributed by atoms with van der Waals surface area (Å²) >= 11 is 23.9. The third-order valence-corrected chi connectivity index (χ3v) is 4.02. The van der Waals surface area contributed by atoms with E-state index in [2.05, 4.69) is 4.98 Å². The third kappa shape index (κ3) is 3.36. The highest BCUT2D eigenvalue weighted by molar-refractivity contribution is 6.48. The molecule has 3 nitrogen and oxygen atoms in total. The summed E-state index contributed by atoms with van der Waals surface area (Å²) in [4.78, 5) is 14.7. The zero-order valence-corrected chi connectivity index (χ0v) is 12.9. The lowest BCUT2D eigenvalue weighted by Crippen LogP contribution is -2.02. The summed E-state index contributed by atoms with van der Waals surface area (Å²) in [5.74, 6) is -0.973. The summed E-state index contributed by atoms with van der Waals surface area (Å²) in [5, 5.41) is 9.77. The van der Waals surface area contributed by atoms with Crippen molar-refractivity contribution in [3.8, 4) is 11.1 Å². The molecule has 1 aromatic carbocycles. The number of hydrogen-bond donors (Lipinski definition) is 1. The minimum atomic E-state index is -0.973. The van der Waals surface area contributed by atoms with E-state index in [0.717, 1.165) is 0 Å². The largest absolute Gasteiger partial charge is 0.481 e. The van der Waals surface area contributed by atoms with E-state index in [0.29, 0.717) is 26.9 Å². The molecule has 0 amide bonds. The van der Waals surface area contributed by atoms with Crippen molar-refractivity contribution in [2.24, 2.45) is 0 Å². The summed E-state index contributed by atoms with van der Waals surface area (Å²) in [6, 6.07) is 6.50. The van der Waals surface area contributed by atoms with Gasteiger partial charge in [-0.3, -0.25) is 4.79 Å². The lowest BCUT2D eigenvalue weighted by atomic mass is 10.1. The van der Waals surface area contributed by atoms with E-state index in [1.54, 1.807) is 24.3 Å².